The average molecular weight is 832 g/mol. The Hall–Kier alpha value is -5.20. The lowest BCUT2D eigenvalue weighted by molar-refractivity contribution is -0.186. The molecule has 16 nitrogen and oxygen atoms in total. The lowest BCUT2D eigenvalue weighted by Crippen LogP contribution is -2.70. The number of nitrogens with zero attached hydrogens (tertiary/aromatic N) is 2. The molecule has 4 bridgehead atoms. The molecule has 10 rings (SSSR count). The summed E-state index contributed by atoms with van der Waals surface area (Å²) in [5.41, 5.74) is 3.97. The Labute approximate surface area is 344 Å². The summed E-state index contributed by atoms with van der Waals surface area (Å²) < 4.78 is 46.4. The standard InChI is InChI=1S/C42H45N3O13S/c1-8-53-41(50)58-27-13-21-9-10-43-42(23(21)14-26(27)51-6)16-59-38-30-29(37-36(55-17-56-37)19(3)35(30)57-20(4)46)25(15-54-40(42)49)45-32(38)31-28-22(12-24(39(45)48)44(31)5)11-18(2)34(52-7)33(28)47/h8,11,13-14,24-25,31-32,38-39,43,47-48H,1,9-10,12,15-17H2,2-7H3/t24-,25+,31+,32?,38+,39-,42+/m0/s1. The molecule has 1 spiro atoms. The quantitative estimate of drug-likeness (QED) is 0.143. The van der Waals surface area contributed by atoms with Gasteiger partial charge in [0.05, 0.1) is 43.9 Å². The summed E-state index contributed by atoms with van der Waals surface area (Å²) >= 11 is 1.43. The van der Waals surface area contributed by atoms with Crippen LogP contribution >= 0.6 is 11.8 Å². The van der Waals surface area contributed by atoms with E-state index in [1.165, 1.54) is 32.9 Å². The van der Waals surface area contributed by atoms with Gasteiger partial charge in [0.25, 0.3) is 0 Å². The van der Waals surface area contributed by atoms with Crippen LogP contribution in [0.2, 0.25) is 0 Å². The van der Waals surface area contributed by atoms with Gasteiger partial charge in [0.15, 0.2) is 40.0 Å². The number of rotatable bonds is 5. The molecule has 312 valence electrons. The molecule has 59 heavy (non-hydrogen) atoms. The third kappa shape index (κ3) is 5.76. The SMILES string of the molecule is C=COC(=O)Oc1cc2c(cc1OC)[C@@]1(CS[C@@H]3c4c(OC(C)=O)c(C)c5c(c4[C@@H](COC1=O)N1C3[C@H]3c4c(cc(C)c(OC)c4O)C[C@@H]([C@@H]1O)N3C)OCO5)NCC2. The normalized spacial score (nSPS) is 27.7. The molecule has 17 heteroatoms. The van der Waals surface area contributed by atoms with Crippen LogP contribution in [0.3, 0.4) is 0 Å². The maximum absolute atomic E-state index is 14.9. The minimum Gasteiger partial charge on any atom is -0.504 e. The van der Waals surface area contributed by atoms with E-state index in [-0.39, 0.29) is 36.4 Å². The van der Waals surface area contributed by atoms with Gasteiger partial charge in [-0.25, -0.2) is 9.59 Å². The first-order valence-electron chi connectivity index (χ1n) is 19.3. The van der Waals surface area contributed by atoms with E-state index in [4.69, 9.17) is 37.9 Å². The number of carbonyl (C=O) groups excluding carboxylic acids is 3. The lowest BCUT2D eigenvalue weighted by Gasteiger charge is -2.62. The molecule has 0 aliphatic carbocycles. The Morgan fingerprint density at radius 3 is 2.53 bits per heavy atom. The Balaban J connectivity index is 1.28. The minimum atomic E-state index is -1.45. The smallest absolute Gasteiger partial charge is 0.504 e. The third-order valence-electron chi connectivity index (χ3n) is 12.6. The summed E-state index contributed by atoms with van der Waals surface area (Å²) in [5.74, 6) is 0.773. The number of carbonyl (C=O) groups is 3. The van der Waals surface area contributed by atoms with Gasteiger partial charge in [-0.3, -0.25) is 19.9 Å². The molecule has 3 N–H and O–H groups in total. The fraction of sp³-hybridized carbons (Fsp3) is 0.452. The van der Waals surface area contributed by atoms with E-state index in [1.54, 1.807) is 12.1 Å². The average Bonchev–Trinajstić information content (AvgIpc) is 3.70. The van der Waals surface area contributed by atoms with Crippen molar-refractivity contribution in [1.82, 2.24) is 15.1 Å². The van der Waals surface area contributed by atoms with Crippen molar-refractivity contribution >= 4 is 29.9 Å². The number of aliphatic hydroxyl groups is 1. The first kappa shape index (κ1) is 39.3. The highest BCUT2D eigenvalue weighted by Crippen LogP contribution is 2.64. The number of phenolic OH excluding ortho intramolecular Hbond substituents is 1. The maximum atomic E-state index is 14.9. The van der Waals surface area contributed by atoms with Crippen molar-refractivity contribution in [1.29, 1.82) is 0 Å². The van der Waals surface area contributed by atoms with Gasteiger partial charge in [-0.2, -0.15) is 0 Å². The molecule has 0 amide bonds. The number of benzene rings is 3. The van der Waals surface area contributed by atoms with Crippen molar-refractivity contribution in [2.24, 2.45) is 0 Å². The molecule has 2 fully saturated rings. The van der Waals surface area contributed by atoms with Crippen molar-refractivity contribution in [3.8, 4) is 40.2 Å². The number of likely N-dealkylation sites (N-methyl/N-ethyl adjacent to an activating group) is 1. The second kappa shape index (κ2) is 14.5. The van der Waals surface area contributed by atoms with Crippen LogP contribution in [-0.2, 0) is 37.4 Å². The molecular formula is C42H45N3O13S. The number of hydrogen-bond acceptors (Lipinski definition) is 17. The van der Waals surface area contributed by atoms with E-state index in [0.717, 1.165) is 23.0 Å². The fourth-order valence-corrected chi connectivity index (χ4v) is 11.9. The maximum Gasteiger partial charge on any atom is 0.518 e. The molecular weight excluding hydrogens is 787 g/mol. The van der Waals surface area contributed by atoms with E-state index in [1.807, 2.05) is 31.9 Å². The largest absolute Gasteiger partial charge is 0.518 e. The van der Waals surface area contributed by atoms with Crippen molar-refractivity contribution in [2.45, 2.75) is 74.8 Å². The monoisotopic (exact) mass is 831 g/mol. The summed E-state index contributed by atoms with van der Waals surface area (Å²) in [4.78, 5) is 44.3. The van der Waals surface area contributed by atoms with Crippen LogP contribution in [0.25, 0.3) is 0 Å². The van der Waals surface area contributed by atoms with E-state index < -0.39 is 59.3 Å². The molecule has 1 unspecified atom stereocenters. The highest BCUT2D eigenvalue weighted by atomic mass is 32.2. The van der Waals surface area contributed by atoms with Crippen LogP contribution in [0.1, 0.15) is 68.8 Å². The number of hydrogen-bond donors (Lipinski definition) is 3. The topological polar surface area (TPSA) is 184 Å². The Bertz CT molecular complexity index is 2320. The first-order chi connectivity index (χ1) is 28.3. The molecule has 7 aliphatic heterocycles. The van der Waals surface area contributed by atoms with Crippen LogP contribution in [0, 0.1) is 13.8 Å². The highest BCUT2D eigenvalue weighted by molar-refractivity contribution is 7.99. The van der Waals surface area contributed by atoms with Crippen LogP contribution < -0.4 is 33.7 Å². The van der Waals surface area contributed by atoms with Crippen LogP contribution in [0.4, 0.5) is 4.79 Å². The van der Waals surface area contributed by atoms with Gasteiger partial charge in [0.2, 0.25) is 6.79 Å². The second-order valence-corrected chi connectivity index (χ2v) is 16.7. The number of fused-ring (bicyclic) bond motifs is 9. The minimum absolute atomic E-state index is 0.0160. The summed E-state index contributed by atoms with van der Waals surface area (Å²) in [6.45, 7) is 8.48. The van der Waals surface area contributed by atoms with Gasteiger partial charge in [-0.15, -0.1) is 11.8 Å². The van der Waals surface area contributed by atoms with Crippen LogP contribution in [0.15, 0.2) is 31.0 Å². The van der Waals surface area contributed by atoms with E-state index in [0.29, 0.717) is 70.2 Å². The predicted molar refractivity (Wildman–Crippen MR) is 210 cm³/mol. The van der Waals surface area contributed by atoms with Gasteiger partial charge in [0, 0.05) is 47.5 Å². The third-order valence-corrected chi connectivity index (χ3v) is 14.1. The number of methoxy groups -OCH3 is 2. The lowest BCUT2D eigenvalue weighted by atomic mass is 9.73. The predicted octanol–water partition coefficient (Wildman–Crippen LogP) is 4.37. The van der Waals surface area contributed by atoms with Gasteiger partial charge in [0.1, 0.15) is 18.6 Å². The number of ether oxygens (including phenoxy) is 8. The highest BCUT2D eigenvalue weighted by Gasteiger charge is 2.61. The zero-order valence-corrected chi connectivity index (χ0v) is 34.2. The van der Waals surface area contributed by atoms with E-state index >= 15 is 0 Å². The number of thioether (sulfide) groups is 1. The van der Waals surface area contributed by atoms with Gasteiger partial charge >= 0.3 is 18.1 Å². The fourth-order valence-electron chi connectivity index (χ4n) is 10.2. The first-order valence-corrected chi connectivity index (χ1v) is 20.4. The van der Waals surface area contributed by atoms with Gasteiger partial charge in [-0.05, 0) is 68.1 Å². The van der Waals surface area contributed by atoms with E-state index in [2.05, 4.69) is 16.8 Å². The van der Waals surface area contributed by atoms with Crippen molar-refractivity contribution in [2.75, 3.05) is 47.0 Å². The number of esters is 2. The van der Waals surface area contributed by atoms with Crippen LogP contribution in [-0.4, -0.2) is 103 Å². The molecule has 0 saturated carbocycles. The summed E-state index contributed by atoms with van der Waals surface area (Å²) in [5, 5.41) is 27.5. The van der Waals surface area contributed by atoms with Gasteiger partial charge < -0.3 is 48.1 Å². The molecule has 0 radical (unpaired) electrons. The molecule has 7 aliphatic rings. The Morgan fingerprint density at radius 2 is 1.80 bits per heavy atom. The zero-order valence-electron chi connectivity index (χ0n) is 33.4. The second-order valence-electron chi connectivity index (χ2n) is 15.5. The summed E-state index contributed by atoms with van der Waals surface area (Å²) in [6.07, 6.45) is -0.210. The van der Waals surface area contributed by atoms with E-state index in [9.17, 15) is 24.6 Å². The molecule has 0 aromatic heterocycles. The molecule has 7 atom stereocenters. The number of piperazine rings is 1. The Kier molecular flexibility index (Phi) is 9.66. The van der Waals surface area contributed by atoms with Crippen molar-refractivity contribution in [3.05, 3.63) is 75.5 Å². The molecule has 7 heterocycles. The van der Waals surface area contributed by atoms with Crippen molar-refractivity contribution < 1.29 is 62.5 Å². The van der Waals surface area contributed by atoms with Gasteiger partial charge in [-0.1, -0.05) is 12.6 Å². The number of aromatic hydroxyl groups is 1. The number of nitrogens with one attached hydrogen (secondary N) is 1. The number of aliphatic hydroxyl groups excluding tert-OH is 1. The Morgan fingerprint density at radius 1 is 1.02 bits per heavy atom. The van der Waals surface area contributed by atoms with Crippen LogP contribution in [0.5, 0.6) is 40.2 Å². The molecule has 2 saturated heterocycles. The number of aryl methyl sites for hydroxylation is 1. The summed E-state index contributed by atoms with van der Waals surface area (Å²) in [7, 11) is 4.89. The summed E-state index contributed by atoms with van der Waals surface area (Å²) in [6, 6.07) is 2.95. The molecule has 3 aromatic carbocycles. The molecule has 3 aromatic rings. The zero-order chi connectivity index (χ0) is 41.7. The number of phenols is 1. The van der Waals surface area contributed by atoms with Crippen molar-refractivity contribution in [3.63, 3.8) is 0 Å².